The van der Waals surface area contributed by atoms with Crippen molar-refractivity contribution in [3.05, 3.63) is 59.7 Å². The molecule has 2 aromatic rings. The molecule has 26 heavy (non-hydrogen) atoms. The number of anilines is 1. The van der Waals surface area contributed by atoms with E-state index in [4.69, 9.17) is 4.74 Å². The van der Waals surface area contributed by atoms with Crippen molar-refractivity contribution in [1.29, 1.82) is 0 Å². The second-order valence-electron chi connectivity index (χ2n) is 6.46. The predicted octanol–water partition coefficient (Wildman–Crippen LogP) is 3.79. The molecule has 2 aromatic carbocycles. The van der Waals surface area contributed by atoms with Crippen LogP contribution in [0.5, 0.6) is 5.75 Å². The van der Waals surface area contributed by atoms with Gasteiger partial charge in [-0.2, -0.15) is 0 Å². The fourth-order valence-corrected chi connectivity index (χ4v) is 2.60. The Hall–Kier alpha value is -2.82. The van der Waals surface area contributed by atoms with Crippen molar-refractivity contribution in [1.82, 2.24) is 5.32 Å². The minimum Gasteiger partial charge on any atom is -0.494 e. The molecule has 0 aliphatic carbocycles. The topological polar surface area (TPSA) is 67.4 Å². The average molecular weight is 354 g/mol. The predicted molar refractivity (Wildman–Crippen MR) is 104 cm³/mol. The Kier molecular flexibility index (Phi) is 6.78. The van der Waals surface area contributed by atoms with Crippen LogP contribution in [0.3, 0.4) is 0 Å². The van der Waals surface area contributed by atoms with Crippen LogP contribution in [0.25, 0.3) is 0 Å². The Bertz CT molecular complexity index is 754. The van der Waals surface area contributed by atoms with E-state index in [1.165, 1.54) is 0 Å². The third-order valence-corrected chi connectivity index (χ3v) is 4.06. The van der Waals surface area contributed by atoms with E-state index in [0.29, 0.717) is 17.9 Å². The first-order valence-electron chi connectivity index (χ1n) is 8.82. The van der Waals surface area contributed by atoms with Gasteiger partial charge in [0.25, 0.3) is 5.91 Å². The number of carbonyl (C=O) groups excluding carboxylic acids is 2. The van der Waals surface area contributed by atoms with Crippen LogP contribution in [-0.4, -0.2) is 24.5 Å². The molecule has 0 aliphatic rings. The number of nitrogens with one attached hydrogen (secondary N) is 2. The van der Waals surface area contributed by atoms with Crippen LogP contribution in [0.15, 0.2) is 48.5 Å². The molecule has 5 nitrogen and oxygen atoms in total. The van der Waals surface area contributed by atoms with Gasteiger partial charge in [0.15, 0.2) is 0 Å². The third kappa shape index (κ3) is 5.09. The van der Waals surface area contributed by atoms with Gasteiger partial charge in [0, 0.05) is 11.3 Å². The van der Waals surface area contributed by atoms with Gasteiger partial charge in [0.05, 0.1) is 6.61 Å². The Morgan fingerprint density at radius 2 is 1.69 bits per heavy atom. The van der Waals surface area contributed by atoms with E-state index in [-0.39, 0.29) is 17.7 Å². The highest BCUT2D eigenvalue weighted by molar-refractivity contribution is 6.01. The summed E-state index contributed by atoms with van der Waals surface area (Å²) < 4.78 is 5.39. The summed E-state index contributed by atoms with van der Waals surface area (Å²) in [5, 5.41) is 5.70. The smallest absolute Gasteiger partial charge is 0.252 e. The summed E-state index contributed by atoms with van der Waals surface area (Å²) >= 11 is 0. The molecule has 1 unspecified atom stereocenters. The molecule has 5 heteroatoms. The summed E-state index contributed by atoms with van der Waals surface area (Å²) in [4.78, 5) is 25.2. The van der Waals surface area contributed by atoms with Gasteiger partial charge in [-0.1, -0.05) is 32.0 Å². The molecule has 0 heterocycles. The molecule has 0 aromatic heterocycles. The highest BCUT2D eigenvalue weighted by Crippen LogP contribution is 2.17. The minimum atomic E-state index is -0.631. The zero-order valence-electron chi connectivity index (χ0n) is 15.7. The van der Waals surface area contributed by atoms with Gasteiger partial charge in [-0.05, 0) is 55.7 Å². The zero-order valence-corrected chi connectivity index (χ0v) is 15.7. The summed E-state index contributed by atoms with van der Waals surface area (Å²) in [6.45, 7) is 8.19. The van der Waals surface area contributed by atoms with Crippen molar-refractivity contribution in [2.24, 2.45) is 5.92 Å². The van der Waals surface area contributed by atoms with E-state index in [9.17, 15) is 9.59 Å². The average Bonchev–Trinajstić information content (AvgIpc) is 2.61. The van der Waals surface area contributed by atoms with Gasteiger partial charge in [0.2, 0.25) is 5.91 Å². The number of benzene rings is 2. The Morgan fingerprint density at radius 1 is 1.04 bits per heavy atom. The molecule has 0 saturated heterocycles. The van der Waals surface area contributed by atoms with E-state index < -0.39 is 6.04 Å². The van der Waals surface area contributed by atoms with E-state index >= 15 is 0 Å². The van der Waals surface area contributed by atoms with Crippen molar-refractivity contribution < 1.29 is 14.3 Å². The quantitative estimate of drug-likeness (QED) is 0.795. The number of hydrogen-bond donors (Lipinski definition) is 2. The first kappa shape index (κ1) is 19.5. The standard InChI is InChI=1S/C21H26N2O3/c1-5-26-17-12-10-16(11-13-17)22-21(25)19(14(2)3)23-20(24)18-9-7-6-8-15(18)4/h6-14,19H,5H2,1-4H3,(H,22,25)(H,23,24). The van der Waals surface area contributed by atoms with Crippen molar-refractivity contribution >= 4 is 17.5 Å². The van der Waals surface area contributed by atoms with E-state index in [1.807, 2.05) is 45.9 Å². The van der Waals surface area contributed by atoms with Gasteiger partial charge in [0.1, 0.15) is 11.8 Å². The van der Waals surface area contributed by atoms with E-state index in [1.54, 1.807) is 30.3 Å². The molecule has 0 fully saturated rings. The molecule has 0 spiro atoms. The fraction of sp³-hybridized carbons (Fsp3) is 0.333. The largest absolute Gasteiger partial charge is 0.494 e. The summed E-state index contributed by atoms with van der Waals surface area (Å²) in [5.74, 6) is 0.208. The number of rotatable bonds is 7. The SMILES string of the molecule is CCOc1ccc(NC(=O)C(NC(=O)c2ccccc2C)C(C)C)cc1. The van der Waals surface area contributed by atoms with Gasteiger partial charge in [-0.15, -0.1) is 0 Å². The summed E-state index contributed by atoms with van der Waals surface area (Å²) in [5.41, 5.74) is 2.11. The zero-order chi connectivity index (χ0) is 19.1. The molecular formula is C21H26N2O3. The lowest BCUT2D eigenvalue weighted by atomic mass is 10.0. The van der Waals surface area contributed by atoms with Crippen molar-refractivity contribution in [2.75, 3.05) is 11.9 Å². The molecule has 0 bridgehead atoms. The molecule has 0 aliphatic heterocycles. The number of amides is 2. The van der Waals surface area contributed by atoms with Crippen molar-refractivity contribution in [3.63, 3.8) is 0 Å². The molecule has 2 amide bonds. The maximum Gasteiger partial charge on any atom is 0.252 e. The molecule has 1 atom stereocenters. The number of carbonyl (C=O) groups is 2. The molecule has 2 rings (SSSR count). The molecule has 0 radical (unpaired) electrons. The Morgan fingerprint density at radius 3 is 2.27 bits per heavy atom. The second kappa shape index (κ2) is 9.04. The normalized spacial score (nSPS) is 11.7. The number of hydrogen-bond acceptors (Lipinski definition) is 3. The van der Waals surface area contributed by atoms with E-state index in [2.05, 4.69) is 10.6 Å². The maximum absolute atomic E-state index is 12.7. The number of ether oxygens (including phenoxy) is 1. The van der Waals surface area contributed by atoms with Crippen molar-refractivity contribution in [3.8, 4) is 5.75 Å². The molecule has 138 valence electrons. The summed E-state index contributed by atoms with van der Waals surface area (Å²) in [6, 6.07) is 13.9. The maximum atomic E-state index is 12.7. The van der Waals surface area contributed by atoms with Gasteiger partial charge >= 0.3 is 0 Å². The monoisotopic (exact) mass is 354 g/mol. The summed E-state index contributed by atoms with van der Waals surface area (Å²) in [6.07, 6.45) is 0. The third-order valence-electron chi connectivity index (χ3n) is 4.06. The summed E-state index contributed by atoms with van der Waals surface area (Å²) in [7, 11) is 0. The van der Waals surface area contributed by atoms with Gasteiger partial charge in [-0.25, -0.2) is 0 Å². The number of aryl methyl sites for hydroxylation is 1. The van der Waals surface area contributed by atoms with E-state index in [0.717, 1.165) is 11.3 Å². The molecule has 2 N–H and O–H groups in total. The van der Waals surface area contributed by atoms with Gasteiger partial charge < -0.3 is 15.4 Å². The van der Waals surface area contributed by atoms with Crippen LogP contribution in [0, 0.1) is 12.8 Å². The van der Waals surface area contributed by atoms with Crippen LogP contribution in [0.1, 0.15) is 36.7 Å². The molecule has 0 saturated carbocycles. The van der Waals surface area contributed by atoms with Crippen LogP contribution >= 0.6 is 0 Å². The van der Waals surface area contributed by atoms with Crippen molar-refractivity contribution in [2.45, 2.75) is 33.7 Å². The minimum absolute atomic E-state index is 0.0503. The lowest BCUT2D eigenvalue weighted by Crippen LogP contribution is -2.47. The lowest BCUT2D eigenvalue weighted by Gasteiger charge is -2.22. The van der Waals surface area contributed by atoms with Crippen LogP contribution in [0.4, 0.5) is 5.69 Å². The Balaban J connectivity index is 2.07. The van der Waals surface area contributed by atoms with Crippen LogP contribution in [0.2, 0.25) is 0 Å². The second-order valence-corrected chi connectivity index (χ2v) is 6.46. The fourth-order valence-electron chi connectivity index (χ4n) is 2.60. The Labute approximate surface area is 154 Å². The van der Waals surface area contributed by atoms with Crippen LogP contribution < -0.4 is 15.4 Å². The first-order chi connectivity index (χ1) is 12.4. The lowest BCUT2D eigenvalue weighted by molar-refractivity contribution is -0.118. The van der Waals surface area contributed by atoms with Crippen LogP contribution in [-0.2, 0) is 4.79 Å². The highest BCUT2D eigenvalue weighted by Gasteiger charge is 2.25. The van der Waals surface area contributed by atoms with Gasteiger partial charge in [-0.3, -0.25) is 9.59 Å². The first-order valence-corrected chi connectivity index (χ1v) is 8.82. The molecular weight excluding hydrogens is 328 g/mol. The highest BCUT2D eigenvalue weighted by atomic mass is 16.5.